The molecule has 0 spiro atoms. The Bertz CT molecular complexity index is 1430. The maximum atomic E-state index is 13.0. The molecule has 0 aromatic carbocycles. The van der Waals surface area contributed by atoms with Crippen LogP contribution in [0.3, 0.4) is 0 Å². The van der Waals surface area contributed by atoms with Crippen LogP contribution in [-0.4, -0.2) is 142 Å². The molecular weight excluding hydrogens is 861 g/mol. The van der Waals surface area contributed by atoms with Gasteiger partial charge in [0.05, 0.1) is 26.4 Å². The number of esters is 1. The predicted molar refractivity (Wildman–Crippen MR) is 261 cm³/mol. The van der Waals surface area contributed by atoms with E-state index >= 15 is 0 Å². The van der Waals surface area contributed by atoms with E-state index in [0.29, 0.717) is 13.0 Å². The normalized spacial score (nSPS) is 26.8. The highest BCUT2D eigenvalue weighted by molar-refractivity contribution is 5.69. The van der Waals surface area contributed by atoms with Gasteiger partial charge in [-0.25, -0.2) is 0 Å². The molecule has 2 aliphatic rings. The molecule has 7 N–H and O–H groups in total. The first-order chi connectivity index (χ1) is 32.6. The molecule has 0 aromatic heterocycles. The minimum atomic E-state index is -1.72. The van der Waals surface area contributed by atoms with Crippen LogP contribution in [0.15, 0.2) is 85.1 Å². The molecule has 0 saturated carbocycles. The van der Waals surface area contributed by atoms with E-state index in [1.54, 1.807) is 0 Å². The number of hydrogen-bond donors (Lipinski definition) is 7. The minimum Gasteiger partial charge on any atom is -0.457 e. The molecule has 2 aliphatic heterocycles. The summed E-state index contributed by atoms with van der Waals surface area (Å²) in [4.78, 5) is 13.0. The third-order valence-electron chi connectivity index (χ3n) is 11.4. The van der Waals surface area contributed by atoms with Gasteiger partial charge in [0, 0.05) is 13.0 Å². The number of aliphatic hydroxyl groups is 7. The van der Waals surface area contributed by atoms with Gasteiger partial charge >= 0.3 is 5.97 Å². The zero-order valence-electron chi connectivity index (χ0n) is 40.6. The van der Waals surface area contributed by atoms with Gasteiger partial charge in [-0.3, -0.25) is 4.79 Å². The monoisotopic (exact) mass is 949 g/mol. The van der Waals surface area contributed by atoms with Gasteiger partial charge in [-0.1, -0.05) is 137 Å². The first kappa shape index (κ1) is 60.3. The smallest absolute Gasteiger partial charge is 0.306 e. The Balaban J connectivity index is 1.79. The molecule has 2 heterocycles. The van der Waals surface area contributed by atoms with Crippen LogP contribution in [0.2, 0.25) is 0 Å². The van der Waals surface area contributed by atoms with Crippen molar-refractivity contribution in [2.75, 3.05) is 33.0 Å². The molecular formula is C53H88O14. The van der Waals surface area contributed by atoms with Crippen molar-refractivity contribution in [1.82, 2.24) is 0 Å². The van der Waals surface area contributed by atoms with Crippen molar-refractivity contribution >= 4 is 5.97 Å². The van der Waals surface area contributed by atoms with E-state index in [1.165, 1.54) is 0 Å². The summed E-state index contributed by atoms with van der Waals surface area (Å²) in [5.74, 6) is -0.403. The second-order valence-electron chi connectivity index (χ2n) is 17.2. The highest BCUT2D eigenvalue weighted by Gasteiger charge is 2.47. The van der Waals surface area contributed by atoms with Crippen LogP contribution in [0.5, 0.6) is 0 Å². The Morgan fingerprint density at radius 3 is 1.45 bits per heavy atom. The molecule has 11 unspecified atom stereocenters. The maximum Gasteiger partial charge on any atom is 0.306 e. The first-order valence-corrected chi connectivity index (χ1v) is 25.2. The molecule has 11 atom stereocenters. The summed E-state index contributed by atoms with van der Waals surface area (Å²) in [7, 11) is 0. The highest BCUT2D eigenvalue weighted by atomic mass is 16.7. The topological polar surface area (TPSA) is 214 Å². The summed E-state index contributed by atoms with van der Waals surface area (Å²) in [6.45, 7) is 3.36. The molecule has 2 fully saturated rings. The average Bonchev–Trinajstić information content (AvgIpc) is 3.32. The van der Waals surface area contributed by atoms with Gasteiger partial charge < -0.3 is 64.2 Å². The number of allylic oxidation sites excluding steroid dienone is 14. The molecule has 0 amide bonds. The van der Waals surface area contributed by atoms with E-state index in [2.05, 4.69) is 98.9 Å². The minimum absolute atomic E-state index is 0.0349. The van der Waals surface area contributed by atoms with Crippen molar-refractivity contribution in [3.63, 3.8) is 0 Å². The van der Waals surface area contributed by atoms with Gasteiger partial charge in [-0.15, -0.1) is 0 Å². The van der Waals surface area contributed by atoms with Crippen molar-refractivity contribution in [1.29, 1.82) is 0 Å². The second kappa shape index (κ2) is 40.0. The van der Waals surface area contributed by atoms with Gasteiger partial charge in [0.1, 0.15) is 54.9 Å². The molecule has 14 nitrogen and oxygen atoms in total. The van der Waals surface area contributed by atoms with Crippen molar-refractivity contribution < 1.29 is 69.0 Å². The lowest BCUT2D eigenvalue weighted by molar-refractivity contribution is -0.332. The number of rotatable bonds is 38. The Kier molecular flexibility index (Phi) is 36.0. The van der Waals surface area contributed by atoms with Gasteiger partial charge in [0.25, 0.3) is 0 Å². The molecule has 0 radical (unpaired) electrons. The lowest BCUT2D eigenvalue weighted by atomic mass is 9.98. The van der Waals surface area contributed by atoms with E-state index in [1.807, 2.05) is 0 Å². The molecule has 0 bridgehead atoms. The fourth-order valence-corrected chi connectivity index (χ4v) is 7.35. The summed E-state index contributed by atoms with van der Waals surface area (Å²) in [5.41, 5.74) is 0. The average molecular weight is 949 g/mol. The Morgan fingerprint density at radius 2 is 0.925 bits per heavy atom. The summed E-state index contributed by atoms with van der Waals surface area (Å²) in [6, 6.07) is 0. The third kappa shape index (κ3) is 27.8. The fraction of sp³-hybridized carbons (Fsp3) is 0.717. The van der Waals surface area contributed by atoms with Gasteiger partial charge in [-0.05, 0) is 83.5 Å². The molecule has 384 valence electrons. The standard InChI is InChI=1S/C53H88O14/c1-3-5-7-9-11-13-15-17-19-20-21-22-23-24-26-28-30-32-34-36-45(55)65-42(39-62-37-35-33-31-29-27-25-18-16-14-12-10-8-6-4-2)40-63-52-51(61)49(59)47(57)44(67-52)41-64-53-50(60)48(58)46(56)43(38-54)66-53/h5-8,11-14,17-19,21-22,25,42-44,46-54,56-61H,3-4,9-10,15-16,20,23-24,26-41H2,1-2H3/b7-5-,8-6-,13-11-,14-12-,19-17-,22-21-,25-18-. The maximum absolute atomic E-state index is 13.0. The van der Waals surface area contributed by atoms with Crippen LogP contribution in [-0.2, 0) is 33.2 Å². The summed E-state index contributed by atoms with van der Waals surface area (Å²) < 4.78 is 34.2. The zero-order valence-corrected chi connectivity index (χ0v) is 40.6. The zero-order chi connectivity index (χ0) is 48.7. The second-order valence-corrected chi connectivity index (χ2v) is 17.2. The molecule has 2 rings (SSSR count). The number of carbonyl (C=O) groups excluding carboxylic acids is 1. The molecule has 0 aliphatic carbocycles. The van der Waals surface area contributed by atoms with E-state index in [9.17, 15) is 40.5 Å². The Hall–Kier alpha value is -2.83. The van der Waals surface area contributed by atoms with E-state index < -0.39 is 86.7 Å². The van der Waals surface area contributed by atoms with Crippen LogP contribution in [0.25, 0.3) is 0 Å². The molecule has 14 heteroatoms. The molecule has 2 saturated heterocycles. The van der Waals surface area contributed by atoms with Crippen molar-refractivity contribution in [3.05, 3.63) is 85.1 Å². The van der Waals surface area contributed by atoms with Gasteiger partial charge in [0.15, 0.2) is 12.6 Å². The largest absolute Gasteiger partial charge is 0.457 e. The van der Waals surface area contributed by atoms with E-state index in [-0.39, 0.29) is 19.6 Å². The van der Waals surface area contributed by atoms with Crippen LogP contribution < -0.4 is 0 Å². The Morgan fingerprint density at radius 1 is 0.493 bits per heavy atom. The number of aliphatic hydroxyl groups excluding tert-OH is 7. The lowest BCUT2D eigenvalue weighted by Gasteiger charge is -2.42. The number of unbranched alkanes of at least 4 members (excludes halogenated alkanes) is 10. The molecule has 0 aromatic rings. The van der Waals surface area contributed by atoms with Crippen LogP contribution in [0, 0.1) is 0 Å². The Labute approximate surface area is 401 Å². The lowest BCUT2D eigenvalue weighted by Crippen LogP contribution is -2.61. The van der Waals surface area contributed by atoms with Crippen LogP contribution >= 0.6 is 0 Å². The highest BCUT2D eigenvalue weighted by Crippen LogP contribution is 2.26. The van der Waals surface area contributed by atoms with Gasteiger partial charge in [-0.2, -0.15) is 0 Å². The van der Waals surface area contributed by atoms with E-state index in [0.717, 1.165) is 116 Å². The predicted octanol–water partition coefficient (Wildman–Crippen LogP) is 7.29. The fourth-order valence-electron chi connectivity index (χ4n) is 7.35. The summed E-state index contributed by atoms with van der Waals surface area (Å²) in [5, 5.41) is 72.1. The third-order valence-corrected chi connectivity index (χ3v) is 11.4. The summed E-state index contributed by atoms with van der Waals surface area (Å²) in [6.07, 6.45) is 33.6. The number of hydrogen-bond acceptors (Lipinski definition) is 14. The quantitative estimate of drug-likeness (QED) is 0.0184. The van der Waals surface area contributed by atoms with Gasteiger partial charge in [0.2, 0.25) is 0 Å². The SMILES string of the molecule is CC/C=C\C/C=C\C/C=C\C/C=C\CCCCCCCCC(=O)OC(COCCCCCC/C=C\C/C=C\C/C=C\CC)COC1OC(COC2OC(CO)C(O)C(O)C2O)C(O)C(O)C1O. The number of ether oxygens (including phenoxy) is 6. The van der Waals surface area contributed by atoms with Crippen molar-refractivity contribution in [2.45, 2.75) is 210 Å². The first-order valence-electron chi connectivity index (χ1n) is 25.2. The van der Waals surface area contributed by atoms with Crippen LogP contribution in [0.4, 0.5) is 0 Å². The van der Waals surface area contributed by atoms with E-state index in [4.69, 9.17) is 28.4 Å². The molecule has 67 heavy (non-hydrogen) atoms. The van der Waals surface area contributed by atoms with Crippen molar-refractivity contribution in [2.24, 2.45) is 0 Å². The van der Waals surface area contributed by atoms with Crippen LogP contribution in [0.1, 0.15) is 142 Å². The summed E-state index contributed by atoms with van der Waals surface area (Å²) >= 11 is 0. The van der Waals surface area contributed by atoms with Crippen molar-refractivity contribution in [3.8, 4) is 0 Å². The number of carbonyl (C=O) groups is 1.